The standard InChI is InChI=1S/C12H14N2O5S2.C8H10ClN/c15-11(16)9-8-12(19-13-9)3-5-14(6-4-12)21(17,18)10-2-1-7-20-10;9-8-3-1-7(2-4-8)5-6-10/h1-2,7H,3-6,8H2,(H,15,16);1-4H,5-6,10H2. The number of benzene rings is 1. The molecule has 0 atom stereocenters. The molecule has 8 nitrogen and oxygen atoms in total. The molecule has 2 aliphatic heterocycles. The molecule has 0 radical (unpaired) electrons. The first-order chi connectivity index (χ1) is 14.8. The average Bonchev–Trinajstić information content (AvgIpc) is 3.42. The van der Waals surface area contributed by atoms with Crippen LogP contribution in [0, 0.1) is 0 Å². The van der Waals surface area contributed by atoms with E-state index in [9.17, 15) is 13.2 Å². The third-order valence-electron chi connectivity index (χ3n) is 5.16. The number of carbonyl (C=O) groups is 1. The fourth-order valence-electron chi connectivity index (χ4n) is 3.39. The van der Waals surface area contributed by atoms with Gasteiger partial charge in [0.2, 0.25) is 0 Å². The molecule has 2 aromatic rings. The lowest BCUT2D eigenvalue weighted by molar-refractivity contribution is -0.129. The zero-order valence-electron chi connectivity index (χ0n) is 16.7. The number of nitrogens with zero attached hydrogens (tertiary/aromatic N) is 2. The number of thiophene rings is 1. The predicted octanol–water partition coefficient (Wildman–Crippen LogP) is 2.97. The van der Waals surface area contributed by atoms with Crippen molar-refractivity contribution in [2.75, 3.05) is 19.6 Å². The quantitative estimate of drug-likeness (QED) is 0.671. The lowest BCUT2D eigenvalue weighted by atomic mass is 9.88. The van der Waals surface area contributed by atoms with Crippen molar-refractivity contribution in [1.29, 1.82) is 0 Å². The summed E-state index contributed by atoms with van der Waals surface area (Å²) in [7, 11) is -3.45. The van der Waals surface area contributed by atoms with Crippen LogP contribution in [0.25, 0.3) is 0 Å². The van der Waals surface area contributed by atoms with Gasteiger partial charge in [-0.05, 0) is 42.1 Å². The van der Waals surface area contributed by atoms with Gasteiger partial charge in [-0.2, -0.15) is 4.31 Å². The number of rotatable bonds is 5. The highest BCUT2D eigenvalue weighted by atomic mass is 35.5. The number of nitrogens with two attached hydrogens (primary N) is 1. The van der Waals surface area contributed by atoms with Gasteiger partial charge in [0.25, 0.3) is 10.0 Å². The maximum absolute atomic E-state index is 12.4. The topological polar surface area (TPSA) is 122 Å². The second kappa shape index (κ2) is 10.1. The Balaban J connectivity index is 0.000000229. The lowest BCUT2D eigenvalue weighted by Crippen LogP contribution is -2.46. The molecule has 1 aromatic carbocycles. The molecule has 0 aliphatic carbocycles. The Hall–Kier alpha value is -1.98. The number of carboxylic acids is 1. The summed E-state index contributed by atoms with van der Waals surface area (Å²) in [6, 6.07) is 11.0. The van der Waals surface area contributed by atoms with E-state index in [4.69, 9.17) is 27.3 Å². The van der Waals surface area contributed by atoms with Crippen molar-refractivity contribution in [2.45, 2.75) is 35.5 Å². The molecule has 31 heavy (non-hydrogen) atoms. The molecule has 11 heteroatoms. The number of hydrogen-bond acceptors (Lipinski definition) is 7. The maximum Gasteiger partial charge on any atom is 0.353 e. The molecule has 168 valence electrons. The number of halogens is 1. The van der Waals surface area contributed by atoms with Gasteiger partial charge in [0.15, 0.2) is 5.71 Å². The molecule has 1 spiro atoms. The Morgan fingerprint density at radius 1 is 1.26 bits per heavy atom. The first-order valence-electron chi connectivity index (χ1n) is 9.72. The first kappa shape index (κ1) is 23.7. The van der Waals surface area contributed by atoms with E-state index >= 15 is 0 Å². The van der Waals surface area contributed by atoms with Gasteiger partial charge >= 0.3 is 5.97 Å². The van der Waals surface area contributed by atoms with E-state index in [0.717, 1.165) is 11.4 Å². The van der Waals surface area contributed by atoms with Crippen molar-refractivity contribution < 1.29 is 23.2 Å². The number of oxime groups is 1. The van der Waals surface area contributed by atoms with E-state index in [0.29, 0.717) is 36.7 Å². The number of hydrogen-bond donors (Lipinski definition) is 2. The third-order valence-corrected chi connectivity index (χ3v) is 8.68. The van der Waals surface area contributed by atoms with Crippen molar-refractivity contribution in [3.8, 4) is 0 Å². The Kier molecular flexibility index (Phi) is 7.71. The zero-order valence-corrected chi connectivity index (χ0v) is 19.1. The van der Waals surface area contributed by atoms with Gasteiger partial charge in [0.05, 0.1) is 0 Å². The summed E-state index contributed by atoms with van der Waals surface area (Å²) in [5.74, 6) is -1.08. The predicted molar refractivity (Wildman–Crippen MR) is 120 cm³/mol. The van der Waals surface area contributed by atoms with E-state index in [1.807, 2.05) is 24.3 Å². The third kappa shape index (κ3) is 5.83. The number of sulfonamides is 1. The van der Waals surface area contributed by atoms with Crippen molar-refractivity contribution in [3.63, 3.8) is 0 Å². The molecule has 1 saturated heterocycles. The summed E-state index contributed by atoms with van der Waals surface area (Å²) in [6.45, 7) is 1.31. The maximum atomic E-state index is 12.4. The summed E-state index contributed by atoms with van der Waals surface area (Å²) in [4.78, 5) is 16.2. The highest BCUT2D eigenvalue weighted by Gasteiger charge is 2.45. The van der Waals surface area contributed by atoms with Gasteiger partial charge in [-0.25, -0.2) is 13.2 Å². The Bertz CT molecular complexity index is 1020. The van der Waals surface area contributed by atoms with Crippen molar-refractivity contribution in [3.05, 3.63) is 52.4 Å². The van der Waals surface area contributed by atoms with Crippen LogP contribution < -0.4 is 5.73 Å². The fraction of sp³-hybridized carbons (Fsp3) is 0.400. The van der Waals surface area contributed by atoms with E-state index in [2.05, 4.69) is 5.16 Å². The Morgan fingerprint density at radius 2 is 1.94 bits per heavy atom. The molecule has 3 N–H and O–H groups in total. The van der Waals surface area contributed by atoms with Crippen LogP contribution in [0.3, 0.4) is 0 Å². The van der Waals surface area contributed by atoms with Crippen LogP contribution in [0.15, 0.2) is 51.1 Å². The first-order valence-corrected chi connectivity index (χ1v) is 12.4. The molecule has 1 fully saturated rings. The van der Waals surface area contributed by atoms with E-state index < -0.39 is 21.6 Å². The minimum Gasteiger partial charge on any atom is -0.477 e. The lowest BCUT2D eigenvalue weighted by Gasteiger charge is -2.36. The van der Waals surface area contributed by atoms with Crippen molar-refractivity contribution in [1.82, 2.24) is 4.31 Å². The molecule has 0 saturated carbocycles. The van der Waals surface area contributed by atoms with Crippen molar-refractivity contribution in [2.24, 2.45) is 10.9 Å². The number of carboxylic acid groups (broad SMARTS) is 1. The highest BCUT2D eigenvalue weighted by molar-refractivity contribution is 7.91. The van der Waals surface area contributed by atoms with Crippen LogP contribution in [0.2, 0.25) is 5.02 Å². The van der Waals surface area contributed by atoms with Gasteiger partial charge in [0, 0.05) is 37.4 Å². The zero-order chi connectivity index (χ0) is 22.5. The van der Waals surface area contributed by atoms with Crippen LogP contribution in [-0.4, -0.2) is 54.7 Å². The molecular weight excluding hydrogens is 462 g/mol. The summed E-state index contributed by atoms with van der Waals surface area (Å²) in [6.07, 6.45) is 2.04. The second-order valence-corrected chi connectivity index (χ2v) is 10.8. The smallest absolute Gasteiger partial charge is 0.353 e. The summed E-state index contributed by atoms with van der Waals surface area (Å²) in [5.41, 5.74) is 5.95. The van der Waals surface area contributed by atoms with Crippen LogP contribution >= 0.6 is 22.9 Å². The van der Waals surface area contributed by atoms with Crippen LogP contribution in [0.5, 0.6) is 0 Å². The van der Waals surface area contributed by atoms with Crippen LogP contribution in [0.4, 0.5) is 0 Å². The summed E-state index contributed by atoms with van der Waals surface area (Å²) in [5, 5.41) is 15.0. The van der Waals surface area contributed by atoms with E-state index in [1.54, 1.807) is 17.5 Å². The van der Waals surface area contributed by atoms with E-state index in [-0.39, 0.29) is 12.1 Å². The SMILES string of the molecule is NCCc1ccc(Cl)cc1.O=C(O)C1=NOC2(CCN(S(=O)(=O)c3cccs3)CC2)C1. The molecule has 0 amide bonds. The monoisotopic (exact) mass is 485 g/mol. The van der Waals surface area contributed by atoms with Gasteiger partial charge in [-0.1, -0.05) is 35.0 Å². The number of piperidine rings is 1. The van der Waals surface area contributed by atoms with Gasteiger partial charge in [-0.15, -0.1) is 11.3 Å². The Labute approximate surface area is 190 Å². The molecule has 1 aromatic heterocycles. The largest absolute Gasteiger partial charge is 0.477 e. The summed E-state index contributed by atoms with van der Waals surface area (Å²) >= 11 is 6.87. The molecule has 3 heterocycles. The minimum absolute atomic E-state index is 0.00423. The van der Waals surface area contributed by atoms with Gasteiger partial charge in [-0.3, -0.25) is 0 Å². The average molecular weight is 486 g/mol. The van der Waals surface area contributed by atoms with Gasteiger partial charge in [0.1, 0.15) is 9.81 Å². The Morgan fingerprint density at radius 3 is 2.45 bits per heavy atom. The van der Waals surface area contributed by atoms with Crippen LogP contribution in [-0.2, 0) is 26.1 Å². The summed E-state index contributed by atoms with van der Waals surface area (Å²) < 4.78 is 26.5. The van der Waals surface area contributed by atoms with Crippen molar-refractivity contribution >= 4 is 44.6 Å². The minimum atomic E-state index is -3.45. The van der Waals surface area contributed by atoms with Crippen LogP contribution in [0.1, 0.15) is 24.8 Å². The number of aliphatic carboxylic acids is 1. The normalized spacial score (nSPS) is 18.1. The fourth-order valence-corrected chi connectivity index (χ4v) is 6.11. The van der Waals surface area contributed by atoms with E-state index in [1.165, 1.54) is 21.2 Å². The van der Waals surface area contributed by atoms with Gasteiger partial charge < -0.3 is 15.7 Å². The molecular formula is C20H24ClN3O5S2. The molecule has 0 bridgehead atoms. The molecule has 4 rings (SSSR count). The molecule has 0 unspecified atom stereocenters. The highest BCUT2D eigenvalue weighted by Crippen LogP contribution is 2.36. The molecule has 2 aliphatic rings. The second-order valence-electron chi connectivity index (χ2n) is 7.30.